The van der Waals surface area contributed by atoms with Crippen LogP contribution in [0.2, 0.25) is 10.0 Å². The van der Waals surface area contributed by atoms with Crippen molar-refractivity contribution in [1.29, 1.82) is 0 Å². The van der Waals surface area contributed by atoms with E-state index in [2.05, 4.69) is 52.0 Å². The Hall–Kier alpha value is -1.06. The average molecular weight is 504 g/mol. The highest BCUT2D eigenvalue weighted by Crippen LogP contribution is 2.48. The van der Waals surface area contributed by atoms with Gasteiger partial charge in [-0.1, -0.05) is 88.0 Å². The molecule has 2 aliphatic carbocycles. The molecule has 2 aliphatic rings. The van der Waals surface area contributed by atoms with Crippen molar-refractivity contribution in [3.05, 3.63) is 69.7 Å². The fourth-order valence-corrected chi connectivity index (χ4v) is 6.14. The van der Waals surface area contributed by atoms with Gasteiger partial charge in [0.1, 0.15) is 0 Å². The number of hydrogen-bond donors (Lipinski definition) is 2. The van der Waals surface area contributed by atoms with Gasteiger partial charge < -0.3 is 11.5 Å². The molecule has 0 bridgehead atoms. The molecule has 188 valence electrons. The predicted octanol–water partition coefficient (Wildman–Crippen LogP) is 8.27. The Labute approximate surface area is 217 Å². The van der Waals surface area contributed by atoms with E-state index in [0.717, 1.165) is 22.9 Å². The van der Waals surface area contributed by atoms with Crippen molar-refractivity contribution >= 4 is 23.2 Å². The van der Waals surface area contributed by atoms with Crippen LogP contribution in [0.5, 0.6) is 0 Å². The lowest BCUT2D eigenvalue weighted by Crippen LogP contribution is -2.50. The van der Waals surface area contributed by atoms with Gasteiger partial charge in [-0.2, -0.15) is 0 Å². The fraction of sp³-hybridized carbons (Fsp3) is 0.600. The Morgan fingerprint density at radius 1 is 0.618 bits per heavy atom. The summed E-state index contributed by atoms with van der Waals surface area (Å²) in [5.74, 6) is 1.32. The molecule has 34 heavy (non-hydrogen) atoms. The van der Waals surface area contributed by atoms with Crippen LogP contribution < -0.4 is 11.5 Å². The molecule has 0 amide bonds. The summed E-state index contributed by atoms with van der Waals surface area (Å²) < 4.78 is 0. The minimum absolute atomic E-state index is 0.217. The molecule has 2 atom stereocenters. The second kappa shape index (κ2) is 11.8. The molecule has 2 saturated carbocycles. The SMILES string of the molecule is CC(C)CC(N)C1(c2ccc(Cl)cc2)CCC1.CC(C)CC(N)C1(c2ccc(Cl)cc2)CCC1. The molecule has 2 aromatic carbocycles. The van der Waals surface area contributed by atoms with Gasteiger partial charge in [0.2, 0.25) is 0 Å². The van der Waals surface area contributed by atoms with Crippen LogP contribution >= 0.6 is 23.2 Å². The van der Waals surface area contributed by atoms with Crippen LogP contribution in [0.4, 0.5) is 0 Å². The summed E-state index contributed by atoms with van der Waals surface area (Å²) in [6, 6.07) is 17.1. The molecule has 2 aromatic rings. The van der Waals surface area contributed by atoms with E-state index in [1.165, 1.54) is 49.7 Å². The van der Waals surface area contributed by atoms with Crippen LogP contribution in [0.15, 0.2) is 48.5 Å². The molecule has 0 radical (unpaired) electrons. The van der Waals surface area contributed by atoms with Crippen LogP contribution in [0.25, 0.3) is 0 Å². The summed E-state index contributed by atoms with van der Waals surface area (Å²) in [6.45, 7) is 8.98. The third kappa shape index (κ3) is 6.19. The second-order valence-electron chi connectivity index (χ2n) is 11.5. The molecular formula is C30H44Cl2N2. The molecule has 4 rings (SSSR count). The maximum absolute atomic E-state index is 6.45. The van der Waals surface area contributed by atoms with Crippen molar-refractivity contribution in [2.45, 2.75) is 102 Å². The van der Waals surface area contributed by atoms with Crippen molar-refractivity contribution in [3.8, 4) is 0 Å². The summed E-state index contributed by atoms with van der Waals surface area (Å²) in [7, 11) is 0. The summed E-state index contributed by atoms with van der Waals surface area (Å²) >= 11 is 11.9. The van der Waals surface area contributed by atoms with Crippen LogP contribution in [-0.4, -0.2) is 12.1 Å². The van der Waals surface area contributed by atoms with Gasteiger partial charge in [-0.15, -0.1) is 0 Å². The Kier molecular flexibility index (Phi) is 9.54. The Morgan fingerprint density at radius 3 is 1.12 bits per heavy atom. The molecule has 2 unspecified atom stereocenters. The number of nitrogens with two attached hydrogens (primary N) is 2. The third-order valence-corrected chi connectivity index (χ3v) is 8.70. The van der Waals surface area contributed by atoms with Crippen molar-refractivity contribution in [1.82, 2.24) is 0 Å². The lowest BCUT2D eigenvalue weighted by Gasteiger charge is -2.47. The van der Waals surface area contributed by atoms with E-state index in [0.29, 0.717) is 11.8 Å². The van der Waals surface area contributed by atoms with E-state index in [4.69, 9.17) is 34.7 Å². The van der Waals surface area contributed by atoms with Gasteiger partial charge in [0.25, 0.3) is 0 Å². The molecule has 4 heteroatoms. The first-order chi connectivity index (χ1) is 16.1. The summed E-state index contributed by atoms with van der Waals surface area (Å²) in [5.41, 5.74) is 16.1. The van der Waals surface area contributed by atoms with Gasteiger partial charge in [0.15, 0.2) is 0 Å². The summed E-state index contributed by atoms with van der Waals surface area (Å²) in [6.07, 6.45) is 9.70. The molecular weight excluding hydrogens is 459 g/mol. The minimum atomic E-state index is 0.217. The van der Waals surface area contributed by atoms with Gasteiger partial charge in [0.05, 0.1) is 0 Å². The van der Waals surface area contributed by atoms with E-state index in [9.17, 15) is 0 Å². The molecule has 0 aromatic heterocycles. The average Bonchev–Trinajstić information content (AvgIpc) is 2.68. The van der Waals surface area contributed by atoms with Crippen LogP contribution in [-0.2, 0) is 10.8 Å². The summed E-state index contributed by atoms with van der Waals surface area (Å²) in [5, 5.41) is 1.61. The highest BCUT2D eigenvalue weighted by Gasteiger charge is 2.44. The molecule has 2 fully saturated rings. The first-order valence-corrected chi connectivity index (χ1v) is 13.9. The zero-order valence-corrected chi connectivity index (χ0v) is 23.0. The smallest absolute Gasteiger partial charge is 0.0406 e. The number of benzene rings is 2. The van der Waals surface area contributed by atoms with Crippen LogP contribution in [0.1, 0.15) is 90.2 Å². The maximum atomic E-state index is 6.45. The molecule has 0 saturated heterocycles. The minimum Gasteiger partial charge on any atom is -0.327 e. The van der Waals surface area contributed by atoms with Gasteiger partial charge in [-0.25, -0.2) is 0 Å². The monoisotopic (exact) mass is 502 g/mol. The van der Waals surface area contributed by atoms with Crippen molar-refractivity contribution in [2.24, 2.45) is 23.3 Å². The quantitative estimate of drug-likeness (QED) is 0.381. The van der Waals surface area contributed by atoms with E-state index in [1.807, 2.05) is 24.3 Å². The zero-order chi connectivity index (χ0) is 24.9. The zero-order valence-electron chi connectivity index (χ0n) is 21.5. The largest absolute Gasteiger partial charge is 0.327 e. The van der Waals surface area contributed by atoms with Crippen molar-refractivity contribution < 1.29 is 0 Å². The van der Waals surface area contributed by atoms with E-state index >= 15 is 0 Å². The lowest BCUT2D eigenvalue weighted by atomic mass is 9.59. The Morgan fingerprint density at radius 2 is 0.912 bits per heavy atom. The number of hydrogen-bond acceptors (Lipinski definition) is 2. The topological polar surface area (TPSA) is 52.0 Å². The molecule has 0 aliphatic heterocycles. The van der Waals surface area contributed by atoms with E-state index < -0.39 is 0 Å². The predicted molar refractivity (Wildman–Crippen MR) is 149 cm³/mol. The summed E-state index contributed by atoms with van der Waals surface area (Å²) in [4.78, 5) is 0. The first-order valence-electron chi connectivity index (χ1n) is 13.1. The fourth-order valence-electron chi connectivity index (χ4n) is 5.89. The highest BCUT2D eigenvalue weighted by molar-refractivity contribution is 6.30. The van der Waals surface area contributed by atoms with Gasteiger partial charge in [0, 0.05) is 33.0 Å². The first kappa shape index (κ1) is 27.5. The highest BCUT2D eigenvalue weighted by atomic mass is 35.5. The normalized spacial score (nSPS) is 20.1. The van der Waals surface area contributed by atoms with Crippen molar-refractivity contribution in [3.63, 3.8) is 0 Å². The second-order valence-corrected chi connectivity index (χ2v) is 12.4. The van der Waals surface area contributed by atoms with Crippen molar-refractivity contribution in [2.75, 3.05) is 0 Å². The molecule has 0 spiro atoms. The van der Waals surface area contributed by atoms with Crippen LogP contribution in [0, 0.1) is 11.8 Å². The van der Waals surface area contributed by atoms with Gasteiger partial charge in [-0.05, 0) is 85.8 Å². The number of halogens is 2. The van der Waals surface area contributed by atoms with Crippen LogP contribution in [0.3, 0.4) is 0 Å². The van der Waals surface area contributed by atoms with Gasteiger partial charge in [-0.3, -0.25) is 0 Å². The van der Waals surface area contributed by atoms with E-state index in [-0.39, 0.29) is 22.9 Å². The molecule has 0 heterocycles. The van der Waals surface area contributed by atoms with E-state index in [1.54, 1.807) is 0 Å². The standard InChI is InChI=1S/2C15H22ClN/c2*1-11(2)10-14(17)15(8-3-9-15)12-4-6-13(16)7-5-12/h2*4-7,11,14H,3,8-10,17H2,1-2H3. The molecule has 4 N–H and O–H groups in total. The maximum Gasteiger partial charge on any atom is 0.0406 e. The number of rotatable bonds is 8. The Bertz CT molecular complexity index is 806. The molecule has 2 nitrogen and oxygen atoms in total. The van der Waals surface area contributed by atoms with Gasteiger partial charge >= 0.3 is 0 Å². The third-order valence-electron chi connectivity index (χ3n) is 8.20. The Balaban J connectivity index is 0.000000191. The lowest BCUT2D eigenvalue weighted by molar-refractivity contribution is 0.178.